The first kappa shape index (κ1) is 29.1. The van der Waals surface area contributed by atoms with E-state index in [-0.39, 0.29) is 18.3 Å². The number of ether oxygens (including phenoxy) is 2. The lowest BCUT2D eigenvalue weighted by Gasteiger charge is -2.53. The zero-order valence-corrected chi connectivity index (χ0v) is 25.4. The molecule has 3 heterocycles. The van der Waals surface area contributed by atoms with Crippen molar-refractivity contribution in [2.45, 2.75) is 41.5 Å². The number of rotatable bonds is 6. The third kappa shape index (κ3) is 4.56. The van der Waals surface area contributed by atoms with Crippen LogP contribution in [0.2, 0.25) is 0 Å². The lowest BCUT2D eigenvalue weighted by molar-refractivity contribution is -0.163. The van der Waals surface area contributed by atoms with Crippen LogP contribution in [0.4, 0.5) is 0 Å². The number of aliphatic hydroxyl groups is 1. The topological polar surface area (TPSA) is 120 Å². The summed E-state index contributed by atoms with van der Waals surface area (Å²) in [5.41, 5.74) is -0.906. The number of aliphatic hydroxyl groups excluding tert-OH is 1. The van der Waals surface area contributed by atoms with Gasteiger partial charge in [-0.05, 0) is 48.9 Å². The maximum atomic E-state index is 14.9. The molecule has 3 aromatic carbocycles. The molecule has 0 saturated carbocycles. The first-order valence-corrected chi connectivity index (χ1v) is 15.4. The predicted molar refractivity (Wildman–Crippen MR) is 162 cm³/mol. The summed E-state index contributed by atoms with van der Waals surface area (Å²) in [5, 5.41) is 21.7. The molecule has 0 bridgehead atoms. The summed E-state index contributed by atoms with van der Waals surface area (Å²) in [7, 11) is 1.50. The smallest absolute Gasteiger partial charge is 0.261 e. The molecular weight excluding hydrogens is 587 g/mol. The second kappa shape index (κ2) is 10.6. The zero-order valence-electron chi connectivity index (χ0n) is 23.7. The van der Waals surface area contributed by atoms with Crippen molar-refractivity contribution in [1.29, 1.82) is 5.26 Å². The van der Waals surface area contributed by atoms with E-state index in [0.29, 0.717) is 28.2 Å². The molecule has 2 saturated heterocycles. The normalized spacial score (nSPS) is 28.4. The summed E-state index contributed by atoms with van der Waals surface area (Å²) in [6.07, 6.45) is -0.0491. The Kier molecular flexibility index (Phi) is 7.19. The molecule has 0 aliphatic carbocycles. The molecule has 6 rings (SSSR count). The highest BCUT2D eigenvalue weighted by molar-refractivity contribution is 8.15. The first-order chi connectivity index (χ1) is 20.5. The fourth-order valence-electron chi connectivity index (χ4n) is 6.10. The van der Waals surface area contributed by atoms with Gasteiger partial charge < -0.3 is 24.4 Å². The molecule has 2 amide bonds. The highest BCUT2D eigenvalue weighted by atomic mass is 32.2. The molecule has 43 heavy (non-hydrogen) atoms. The van der Waals surface area contributed by atoms with Gasteiger partial charge in [-0.3, -0.25) is 14.4 Å². The Morgan fingerprint density at radius 2 is 1.65 bits per heavy atom. The summed E-state index contributed by atoms with van der Waals surface area (Å²) >= 11 is 1.69. The molecule has 3 aliphatic heterocycles. The maximum absolute atomic E-state index is 14.9. The lowest BCUT2D eigenvalue weighted by atomic mass is 9.79. The number of likely N-dealkylation sites (N-methyl/N-ethyl adjacent to an activating group) is 1. The minimum absolute atomic E-state index is 0.0459. The van der Waals surface area contributed by atoms with Gasteiger partial charge in [-0.1, -0.05) is 78.5 Å². The molecule has 9 nitrogen and oxygen atoms in total. The number of hydrogen-bond acceptors (Lipinski definition) is 9. The highest BCUT2D eigenvalue weighted by Crippen LogP contribution is 2.64. The zero-order chi connectivity index (χ0) is 30.6. The van der Waals surface area contributed by atoms with E-state index in [2.05, 4.69) is 6.07 Å². The fraction of sp³-hybridized carbons (Fsp3) is 0.312. The average molecular weight is 616 g/mol. The van der Waals surface area contributed by atoms with Gasteiger partial charge in [-0.2, -0.15) is 5.26 Å². The molecular formula is C32H29N3O6S2. The Morgan fingerprint density at radius 3 is 2.33 bits per heavy atom. The summed E-state index contributed by atoms with van der Waals surface area (Å²) in [6, 6.07) is 24.1. The number of nitrogens with zero attached hydrogens (tertiary/aromatic N) is 3. The van der Waals surface area contributed by atoms with Crippen molar-refractivity contribution >= 4 is 40.5 Å². The molecule has 1 N–H and O–H groups in total. The Labute approximate surface area is 257 Å². The number of carbonyl (C=O) groups is 3. The Hall–Kier alpha value is -3.98. The number of nitriles is 1. The number of benzene rings is 3. The third-order valence-corrected chi connectivity index (χ3v) is 11.1. The van der Waals surface area contributed by atoms with Crippen LogP contribution >= 0.6 is 23.5 Å². The van der Waals surface area contributed by atoms with Crippen LogP contribution in [0.5, 0.6) is 11.5 Å². The van der Waals surface area contributed by atoms with Gasteiger partial charge in [0.1, 0.15) is 5.44 Å². The van der Waals surface area contributed by atoms with Crippen LogP contribution in [-0.2, 0) is 9.59 Å². The van der Waals surface area contributed by atoms with Crippen LogP contribution in [0.25, 0.3) is 0 Å². The summed E-state index contributed by atoms with van der Waals surface area (Å²) in [6.45, 7) is 3.32. The number of carbonyl (C=O) groups excluding carboxylic acids is 3. The number of amides is 2. The number of piperazine rings is 1. The van der Waals surface area contributed by atoms with Crippen LogP contribution in [0.3, 0.4) is 0 Å². The van der Waals surface area contributed by atoms with E-state index in [1.165, 1.54) is 16.8 Å². The van der Waals surface area contributed by atoms with Crippen molar-refractivity contribution in [2.75, 3.05) is 13.8 Å². The van der Waals surface area contributed by atoms with E-state index in [1.807, 2.05) is 6.07 Å². The van der Waals surface area contributed by atoms with Crippen molar-refractivity contribution in [3.05, 3.63) is 95.6 Å². The van der Waals surface area contributed by atoms with Crippen LogP contribution in [0.15, 0.2) is 78.9 Å². The van der Waals surface area contributed by atoms with Gasteiger partial charge in [0.15, 0.2) is 21.2 Å². The summed E-state index contributed by atoms with van der Waals surface area (Å²) in [4.78, 5) is 42.4. The van der Waals surface area contributed by atoms with Crippen molar-refractivity contribution in [1.82, 2.24) is 9.80 Å². The van der Waals surface area contributed by atoms with E-state index >= 15 is 0 Å². The van der Waals surface area contributed by atoms with Crippen LogP contribution < -0.4 is 9.47 Å². The number of hydrogen-bond donors (Lipinski definition) is 1. The Morgan fingerprint density at radius 1 is 1.00 bits per heavy atom. The molecule has 3 aliphatic rings. The molecule has 11 heteroatoms. The van der Waals surface area contributed by atoms with Crippen molar-refractivity contribution in [2.24, 2.45) is 5.41 Å². The number of thioether (sulfide) groups is 2. The first-order valence-electron chi connectivity index (χ1n) is 13.7. The Bertz CT molecular complexity index is 1650. The van der Waals surface area contributed by atoms with Gasteiger partial charge in [-0.25, -0.2) is 0 Å². The van der Waals surface area contributed by atoms with E-state index in [4.69, 9.17) is 9.47 Å². The monoisotopic (exact) mass is 615 g/mol. The summed E-state index contributed by atoms with van der Waals surface area (Å²) < 4.78 is 11.1. The van der Waals surface area contributed by atoms with Gasteiger partial charge in [-0.15, -0.1) is 0 Å². The van der Waals surface area contributed by atoms with Gasteiger partial charge in [0, 0.05) is 19.0 Å². The van der Waals surface area contributed by atoms with Crippen molar-refractivity contribution in [3.8, 4) is 17.6 Å². The molecule has 3 aromatic rings. The minimum atomic E-state index is -1.65. The predicted octanol–water partition coefficient (Wildman–Crippen LogP) is 5.10. The van der Waals surface area contributed by atoms with E-state index in [9.17, 15) is 24.8 Å². The van der Waals surface area contributed by atoms with Crippen molar-refractivity contribution < 1.29 is 29.0 Å². The standard InChI is InChI=1S/C32H29N3O6S2/c1-30(18-33)17-32(43-27(37)21-12-8-5-9-13-21)29(39)34(3)31(2,42-26(36)20-10-6-4-7-11-20)28(38)35(32)25(30)22-14-15-23-24(16-22)41-19-40-23/h4-16,25,27,37H,17,19H2,1-3H3/t25-,27?,30+,31-,32?/m0/s1. The highest BCUT2D eigenvalue weighted by Gasteiger charge is 2.71. The van der Waals surface area contributed by atoms with E-state index in [1.54, 1.807) is 86.6 Å². The molecule has 0 spiro atoms. The van der Waals surface area contributed by atoms with Crippen LogP contribution in [0.1, 0.15) is 53.2 Å². The van der Waals surface area contributed by atoms with Crippen LogP contribution in [-0.4, -0.2) is 55.4 Å². The average Bonchev–Trinajstić information content (AvgIpc) is 3.60. The van der Waals surface area contributed by atoms with Gasteiger partial charge in [0.25, 0.3) is 11.8 Å². The quantitative estimate of drug-likeness (QED) is 0.378. The van der Waals surface area contributed by atoms with Gasteiger partial charge >= 0.3 is 0 Å². The minimum Gasteiger partial charge on any atom is -0.454 e. The summed E-state index contributed by atoms with van der Waals surface area (Å²) in [5.74, 6) is 0.0117. The Balaban J connectivity index is 1.50. The fourth-order valence-corrected chi connectivity index (χ4v) is 8.71. The molecule has 2 unspecified atom stereocenters. The number of fused-ring (bicyclic) bond motifs is 2. The molecule has 220 valence electrons. The molecule has 0 aromatic heterocycles. The van der Waals surface area contributed by atoms with E-state index in [0.717, 1.165) is 23.5 Å². The van der Waals surface area contributed by atoms with E-state index < -0.39 is 38.4 Å². The molecule has 5 atom stereocenters. The van der Waals surface area contributed by atoms with Gasteiger partial charge in [0.05, 0.1) is 17.5 Å². The second-order valence-electron chi connectivity index (χ2n) is 11.2. The lowest BCUT2D eigenvalue weighted by Crippen LogP contribution is -2.71. The largest absolute Gasteiger partial charge is 0.454 e. The second-order valence-corrected chi connectivity index (χ2v) is 13.9. The maximum Gasteiger partial charge on any atom is 0.261 e. The molecule has 0 radical (unpaired) electrons. The van der Waals surface area contributed by atoms with Crippen LogP contribution in [0, 0.1) is 16.7 Å². The van der Waals surface area contributed by atoms with Crippen molar-refractivity contribution in [3.63, 3.8) is 0 Å². The third-order valence-electron chi connectivity index (χ3n) is 8.41. The SMILES string of the molecule is CN1C(=O)C2(SC(O)c3ccccc3)C[C@](C)(C#N)[C@H](c3ccc4c(c3)OCO4)N2C(=O)[C@]1(C)SC(=O)c1ccccc1. The van der Waals surface area contributed by atoms with Gasteiger partial charge in [0.2, 0.25) is 11.9 Å². The molecule has 2 fully saturated rings.